The highest BCUT2D eigenvalue weighted by atomic mass is 35.5. The van der Waals surface area contributed by atoms with Crippen molar-refractivity contribution in [3.8, 4) is 0 Å². The molecule has 2 rings (SSSR count). The van der Waals surface area contributed by atoms with Gasteiger partial charge in [0.15, 0.2) is 6.61 Å². The lowest BCUT2D eigenvalue weighted by molar-refractivity contribution is -0.142. The Morgan fingerprint density at radius 2 is 1.75 bits per heavy atom. The molecule has 1 amide bonds. The fourth-order valence-electron chi connectivity index (χ4n) is 2.14. The number of esters is 1. The van der Waals surface area contributed by atoms with E-state index in [2.05, 4.69) is 5.32 Å². The third kappa shape index (κ3) is 4.96. The van der Waals surface area contributed by atoms with Crippen LogP contribution in [0, 0.1) is 13.8 Å². The van der Waals surface area contributed by atoms with Crippen LogP contribution < -0.4 is 5.32 Å². The molecule has 2 aromatic rings. The number of hydrogen-bond donors (Lipinski definition) is 1. The van der Waals surface area contributed by atoms with Crippen molar-refractivity contribution in [1.29, 1.82) is 0 Å². The first-order valence-electron chi connectivity index (χ1n) is 7.43. The van der Waals surface area contributed by atoms with E-state index in [0.717, 1.165) is 16.8 Å². The number of anilines is 1. The molecule has 1 N–H and O–H groups in total. The number of halogens is 1. The number of benzene rings is 2. The van der Waals surface area contributed by atoms with E-state index in [1.807, 2.05) is 38.1 Å². The summed E-state index contributed by atoms with van der Waals surface area (Å²) in [7, 11) is 0. The highest BCUT2D eigenvalue weighted by molar-refractivity contribution is 6.32. The molecule has 5 heteroatoms. The molecule has 0 aromatic heterocycles. The maximum Gasteiger partial charge on any atom is 0.331 e. The number of carbonyl (C=O) groups excluding carboxylic acids is 2. The summed E-state index contributed by atoms with van der Waals surface area (Å²) in [6, 6.07) is 12.8. The lowest BCUT2D eigenvalue weighted by Gasteiger charge is -2.11. The average molecular weight is 344 g/mol. The fourth-order valence-corrected chi connectivity index (χ4v) is 2.34. The summed E-state index contributed by atoms with van der Waals surface area (Å²) in [6.07, 6.45) is 2.79. The molecular weight excluding hydrogens is 326 g/mol. The first-order valence-corrected chi connectivity index (χ1v) is 7.80. The zero-order valence-electron chi connectivity index (χ0n) is 13.5. The summed E-state index contributed by atoms with van der Waals surface area (Å²) in [4.78, 5) is 23.6. The van der Waals surface area contributed by atoms with Crippen LogP contribution in [0.5, 0.6) is 0 Å². The monoisotopic (exact) mass is 343 g/mol. The summed E-state index contributed by atoms with van der Waals surface area (Å²) in [5, 5.41) is 3.29. The van der Waals surface area contributed by atoms with Gasteiger partial charge in [0.2, 0.25) is 0 Å². The molecule has 0 bridgehead atoms. The smallest absolute Gasteiger partial charge is 0.331 e. The minimum atomic E-state index is -0.605. The summed E-state index contributed by atoms with van der Waals surface area (Å²) in [5.74, 6) is -0.988. The first-order chi connectivity index (χ1) is 11.5. The van der Waals surface area contributed by atoms with Gasteiger partial charge in [0.05, 0.1) is 0 Å². The molecule has 0 saturated heterocycles. The third-order valence-electron chi connectivity index (χ3n) is 3.40. The van der Waals surface area contributed by atoms with Crippen molar-refractivity contribution in [2.75, 3.05) is 11.9 Å². The highest BCUT2D eigenvalue weighted by Crippen LogP contribution is 2.19. The van der Waals surface area contributed by atoms with Gasteiger partial charge in [-0.1, -0.05) is 48.0 Å². The lowest BCUT2D eigenvalue weighted by atomic mass is 10.1. The van der Waals surface area contributed by atoms with Gasteiger partial charge in [-0.15, -0.1) is 0 Å². The maximum atomic E-state index is 11.9. The van der Waals surface area contributed by atoms with Crippen LogP contribution in [0.4, 0.5) is 5.69 Å². The normalized spacial score (nSPS) is 10.6. The Hall–Kier alpha value is -2.59. The van der Waals surface area contributed by atoms with Crippen LogP contribution in [0.2, 0.25) is 5.02 Å². The van der Waals surface area contributed by atoms with Crippen molar-refractivity contribution in [2.45, 2.75) is 13.8 Å². The Kier molecular flexibility index (Phi) is 6.15. The van der Waals surface area contributed by atoms with E-state index in [9.17, 15) is 9.59 Å². The number of aryl methyl sites for hydroxylation is 2. The van der Waals surface area contributed by atoms with E-state index in [-0.39, 0.29) is 12.5 Å². The molecule has 0 aliphatic rings. The molecule has 0 unspecified atom stereocenters. The van der Waals surface area contributed by atoms with Crippen molar-refractivity contribution < 1.29 is 14.3 Å². The van der Waals surface area contributed by atoms with Gasteiger partial charge in [-0.2, -0.15) is 0 Å². The molecule has 124 valence electrons. The zero-order valence-corrected chi connectivity index (χ0v) is 14.3. The summed E-state index contributed by atoms with van der Waals surface area (Å²) in [6.45, 7) is 3.46. The molecule has 0 spiro atoms. The Balaban J connectivity index is 1.88. The predicted octanol–water partition coefficient (Wildman–Crippen LogP) is 4.15. The van der Waals surface area contributed by atoms with Crippen LogP contribution in [0.1, 0.15) is 16.7 Å². The fraction of sp³-hybridized carbons (Fsp3) is 0.158. The number of ether oxygens (including phenoxy) is 1. The van der Waals surface area contributed by atoms with E-state index in [1.165, 1.54) is 6.08 Å². The third-order valence-corrected chi connectivity index (χ3v) is 3.74. The topological polar surface area (TPSA) is 55.4 Å². The molecule has 0 heterocycles. The van der Waals surface area contributed by atoms with Gasteiger partial charge in [0.25, 0.3) is 5.91 Å². The summed E-state index contributed by atoms with van der Waals surface area (Å²) >= 11 is 5.99. The van der Waals surface area contributed by atoms with Gasteiger partial charge in [-0.3, -0.25) is 4.79 Å². The van der Waals surface area contributed by atoms with Crippen molar-refractivity contribution in [3.63, 3.8) is 0 Å². The molecule has 2 aromatic carbocycles. The number of para-hydroxylation sites is 1. The number of amides is 1. The molecule has 0 aliphatic carbocycles. The minimum Gasteiger partial charge on any atom is -0.452 e. The van der Waals surface area contributed by atoms with Crippen molar-refractivity contribution in [2.24, 2.45) is 0 Å². The van der Waals surface area contributed by atoms with Gasteiger partial charge in [-0.05, 0) is 42.7 Å². The van der Waals surface area contributed by atoms with Crippen LogP contribution in [0.15, 0.2) is 48.5 Å². The zero-order chi connectivity index (χ0) is 17.5. The van der Waals surface area contributed by atoms with Gasteiger partial charge in [0, 0.05) is 16.8 Å². The Labute approximate surface area is 146 Å². The molecule has 0 aliphatic heterocycles. The molecule has 0 saturated carbocycles. The standard InChI is InChI=1S/C19H18ClNO3/c1-13-6-5-7-14(2)19(13)21-17(22)12-24-18(23)11-10-15-8-3-4-9-16(15)20/h3-11H,12H2,1-2H3,(H,21,22)/b11-10+. The van der Waals surface area contributed by atoms with Crippen LogP contribution >= 0.6 is 11.6 Å². The highest BCUT2D eigenvalue weighted by Gasteiger charge is 2.09. The second-order valence-corrected chi connectivity index (χ2v) is 5.68. The molecule has 0 radical (unpaired) electrons. The van der Waals surface area contributed by atoms with Crippen molar-refractivity contribution >= 4 is 35.2 Å². The van der Waals surface area contributed by atoms with E-state index in [4.69, 9.17) is 16.3 Å². The molecule has 24 heavy (non-hydrogen) atoms. The number of nitrogens with one attached hydrogen (secondary N) is 1. The first kappa shape index (κ1) is 17.8. The number of rotatable bonds is 5. The molecular formula is C19H18ClNO3. The van der Waals surface area contributed by atoms with Crippen LogP contribution in [0.3, 0.4) is 0 Å². The van der Waals surface area contributed by atoms with Gasteiger partial charge >= 0.3 is 5.97 Å². The Morgan fingerprint density at radius 3 is 2.42 bits per heavy atom. The van der Waals surface area contributed by atoms with Crippen LogP contribution in [-0.4, -0.2) is 18.5 Å². The van der Waals surface area contributed by atoms with Gasteiger partial charge in [-0.25, -0.2) is 4.79 Å². The Morgan fingerprint density at radius 1 is 1.08 bits per heavy atom. The van der Waals surface area contributed by atoms with E-state index in [1.54, 1.807) is 24.3 Å². The Bertz CT molecular complexity index is 764. The van der Waals surface area contributed by atoms with E-state index in [0.29, 0.717) is 10.6 Å². The quantitative estimate of drug-likeness (QED) is 0.655. The summed E-state index contributed by atoms with van der Waals surface area (Å²) in [5.41, 5.74) is 3.35. The largest absolute Gasteiger partial charge is 0.452 e. The maximum absolute atomic E-state index is 11.9. The van der Waals surface area contributed by atoms with Crippen LogP contribution in [0.25, 0.3) is 6.08 Å². The van der Waals surface area contributed by atoms with Crippen LogP contribution in [-0.2, 0) is 14.3 Å². The second kappa shape index (κ2) is 8.31. The number of hydrogen-bond acceptors (Lipinski definition) is 3. The van der Waals surface area contributed by atoms with Crippen molar-refractivity contribution in [3.05, 3.63) is 70.3 Å². The van der Waals surface area contributed by atoms with Gasteiger partial charge in [0.1, 0.15) is 0 Å². The number of carbonyl (C=O) groups is 2. The minimum absolute atomic E-state index is 0.348. The average Bonchev–Trinajstić information content (AvgIpc) is 2.56. The lowest BCUT2D eigenvalue weighted by Crippen LogP contribution is -2.21. The molecule has 0 fully saturated rings. The van der Waals surface area contributed by atoms with Crippen molar-refractivity contribution in [1.82, 2.24) is 0 Å². The summed E-state index contributed by atoms with van der Waals surface area (Å²) < 4.78 is 4.94. The SMILES string of the molecule is Cc1cccc(C)c1NC(=O)COC(=O)/C=C/c1ccccc1Cl. The van der Waals surface area contributed by atoms with Gasteiger partial charge < -0.3 is 10.1 Å². The second-order valence-electron chi connectivity index (χ2n) is 5.28. The predicted molar refractivity (Wildman–Crippen MR) is 96.0 cm³/mol. The van der Waals surface area contributed by atoms with E-state index >= 15 is 0 Å². The molecule has 0 atom stereocenters. The van der Waals surface area contributed by atoms with E-state index < -0.39 is 5.97 Å². The molecule has 4 nitrogen and oxygen atoms in total.